The Hall–Kier alpha value is -1.03. The summed E-state index contributed by atoms with van der Waals surface area (Å²) in [6.07, 6.45) is 0.634. The molecule has 1 N–H and O–H groups in total. The highest BCUT2D eigenvalue weighted by molar-refractivity contribution is 9.09. The number of carboxylic acid groups (broad SMARTS) is 1. The highest BCUT2D eigenvalue weighted by Gasteiger charge is 2.60. The van der Waals surface area contributed by atoms with Crippen LogP contribution in [0.1, 0.15) is 12.0 Å². The number of aliphatic carboxylic acids is 1. The predicted octanol–water partition coefficient (Wildman–Crippen LogP) is 2.18. The second-order valence-corrected chi connectivity index (χ2v) is 4.79. The fourth-order valence-corrected chi connectivity index (χ4v) is 2.74. The maximum Gasteiger partial charge on any atom is 0.315 e. The lowest BCUT2D eigenvalue weighted by molar-refractivity contribution is -0.139. The number of ether oxygens (including phenoxy) is 1. The number of halogens is 1. The number of alkyl halides is 1. The van der Waals surface area contributed by atoms with Crippen LogP contribution in [0.15, 0.2) is 24.3 Å². The van der Waals surface area contributed by atoms with Crippen LogP contribution in [0, 0.1) is 0 Å². The van der Waals surface area contributed by atoms with E-state index in [0.717, 1.165) is 5.56 Å². The molecule has 0 bridgehead atoms. The highest BCUT2D eigenvalue weighted by atomic mass is 79.9. The lowest BCUT2D eigenvalue weighted by atomic mass is 9.96. The maximum atomic E-state index is 11.2. The Kier molecular flexibility index (Phi) is 2.46. The Morgan fingerprint density at radius 1 is 1.67 bits per heavy atom. The van der Waals surface area contributed by atoms with Gasteiger partial charge in [-0.15, -0.1) is 0 Å². The smallest absolute Gasteiger partial charge is 0.315 e. The first-order valence-corrected chi connectivity index (χ1v) is 5.55. The molecule has 0 spiro atoms. The highest BCUT2D eigenvalue weighted by Crippen LogP contribution is 2.53. The van der Waals surface area contributed by atoms with Crippen LogP contribution in [-0.4, -0.2) is 23.0 Å². The van der Waals surface area contributed by atoms with Crippen LogP contribution in [0.3, 0.4) is 0 Å². The summed E-state index contributed by atoms with van der Waals surface area (Å²) in [6.45, 7) is 0. The zero-order chi connectivity index (χ0) is 11.1. The third-order valence-corrected chi connectivity index (χ3v) is 3.95. The largest absolute Gasteiger partial charge is 0.497 e. The minimum atomic E-state index is -0.780. The van der Waals surface area contributed by atoms with E-state index in [-0.39, 0.29) is 4.83 Å². The number of rotatable bonds is 3. The van der Waals surface area contributed by atoms with Crippen molar-refractivity contribution in [2.75, 3.05) is 7.11 Å². The first-order valence-electron chi connectivity index (χ1n) is 4.63. The molecule has 1 aromatic rings. The molecule has 4 heteroatoms. The van der Waals surface area contributed by atoms with Crippen LogP contribution in [-0.2, 0) is 10.2 Å². The molecule has 1 fully saturated rings. The Balaban J connectivity index is 2.40. The average molecular weight is 271 g/mol. The molecule has 1 aliphatic carbocycles. The number of benzene rings is 1. The second-order valence-electron chi connectivity index (χ2n) is 3.68. The minimum Gasteiger partial charge on any atom is -0.497 e. The van der Waals surface area contributed by atoms with Gasteiger partial charge in [0.2, 0.25) is 0 Å². The van der Waals surface area contributed by atoms with Crippen LogP contribution in [0.4, 0.5) is 0 Å². The zero-order valence-corrected chi connectivity index (χ0v) is 9.82. The number of hydrogen-bond acceptors (Lipinski definition) is 2. The standard InChI is InChI=1S/C11H11BrO3/c1-15-8-4-2-3-7(5-8)11(10(13)14)6-9(11)12/h2-5,9H,6H2,1H3,(H,13,14). The maximum absolute atomic E-state index is 11.2. The molecule has 80 valence electrons. The van der Waals surface area contributed by atoms with E-state index >= 15 is 0 Å². The van der Waals surface area contributed by atoms with E-state index in [1.165, 1.54) is 0 Å². The summed E-state index contributed by atoms with van der Waals surface area (Å²) in [5, 5.41) is 9.22. The Morgan fingerprint density at radius 3 is 2.80 bits per heavy atom. The van der Waals surface area contributed by atoms with Gasteiger partial charge in [-0.05, 0) is 24.1 Å². The first-order chi connectivity index (χ1) is 7.11. The third kappa shape index (κ3) is 1.53. The molecule has 2 unspecified atom stereocenters. The van der Waals surface area contributed by atoms with Crippen LogP contribution >= 0.6 is 15.9 Å². The summed E-state index contributed by atoms with van der Waals surface area (Å²) in [7, 11) is 1.57. The SMILES string of the molecule is COc1cccc(C2(C(=O)O)CC2Br)c1. The van der Waals surface area contributed by atoms with E-state index in [4.69, 9.17) is 4.74 Å². The second kappa shape index (κ2) is 3.52. The van der Waals surface area contributed by atoms with Crippen molar-refractivity contribution >= 4 is 21.9 Å². The van der Waals surface area contributed by atoms with Crippen LogP contribution in [0.25, 0.3) is 0 Å². The van der Waals surface area contributed by atoms with Gasteiger partial charge < -0.3 is 9.84 Å². The molecule has 0 radical (unpaired) electrons. The van der Waals surface area contributed by atoms with Crippen molar-refractivity contribution < 1.29 is 14.6 Å². The number of carbonyl (C=O) groups is 1. The number of methoxy groups -OCH3 is 1. The van der Waals surface area contributed by atoms with Crippen molar-refractivity contribution in [1.29, 1.82) is 0 Å². The summed E-state index contributed by atoms with van der Waals surface area (Å²) in [5.74, 6) is -0.0858. The molecule has 1 aromatic carbocycles. The molecular weight excluding hydrogens is 260 g/mol. The van der Waals surface area contributed by atoms with Crippen molar-refractivity contribution in [2.24, 2.45) is 0 Å². The molecule has 0 aromatic heterocycles. The molecule has 0 aliphatic heterocycles. The lowest BCUT2D eigenvalue weighted by Crippen LogP contribution is -2.22. The van der Waals surface area contributed by atoms with E-state index < -0.39 is 11.4 Å². The van der Waals surface area contributed by atoms with Crippen molar-refractivity contribution in [3.8, 4) is 5.75 Å². The normalized spacial score (nSPS) is 28.5. The number of carboxylic acids is 1. The van der Waals surface area contributed by atoms with Gasteiger partial charge in [-0.2, -0.15) is 0 Å². The molecule has 2 rings (SSSR count). The van der Waals surface area contributed by atoms with Gasteiger partial charge in [0.05, 0.1) is 7.11 Å². The molecule has 0 heterocycles. The van der Waals surface area contributed by atoms with Crippen LogP contribution in [0.2, 0.25) is 0 Å². The molecular formula is C11H11BrO3. The average Bonchev–Trinajstić information content (AvgIpc) is 2.92. The van der Waals surface area contributed by atoms with Gasteiger partial charge in [0, 0.05) is 4.83 Å². The zero-order valence-electron chi connectivity index (χ0n) is 8.24. The molecule has 2 atom stereocenters. The van der Waals surface area contributed by atoms with Crippen molar-refractivity contribution in [1.82, 2.24) is 0 Å². The lowest BCUT2D eigenvalue weighted by Gasteiger charge is -2.12. The molecule has 3 nitrogen and oxygen atoms in total. The van der Waals surface area contributed by atoms with Gasteiger partial charge in [-0.1, -0.05) is 28.1 Å². The van der Waals surface area contributed by atoms with Crippen molar-refractivity contribution in [3.63, 3.8) is 0 Å². The summed E-state index contributed by atoms with van der Waals surface area (Å²) in [6, 6.07) is 7.24. The molecule has 0 amide bonds. The van der Waals surface area contributed by atoms with E-state index in [1.807, 2.05) is 18.2 Å². The first kappa shape index (κ1) is 10.5. The van der Waals surface area contributed by atoms with E-state index in [9.17, 15) is 9.90 Å². The minimum absolute atomic E-state index is 0.0228. The molecule has 0 saturated heterocycles. The topological polar surface area (TPSA) is 46.5 Å². The van der Waals surface area contributed by atoms with Gasteiger partial charge >= 0.3 is 5.97 Å². The Labute approximate surface area is 96.2 Å². The summed E-state index contributed by atoms with van der Waals surface area (Å²) >= 11 is 3.37. The van der Waals surface area contributed by atoms with Crippen molar-refractivity contribution in [3.05, 3.63) is 29.8 Å². The van der Waals surface area contributed by atoms with Crippen molar-refractivity contribution in [2.45, 2.75) is 16.7 Å². The fourth-order valence-electron chi connectivity index (χ4n) is 1.77. The van der Waals surface area contributed by atoms with Crippen LogP contribution < -0.4 is 4.74 Å². The van der Waals surface area contributed by atoms with E-state index in [0.29, 0.717) is 12.2 Å². The van der Waals surface area contributed by atoms with E-state index in [1.54, 1.807) is 13.2 Å². The predicted molar refractivity (Wildman–Crippen MR) is 59.6 cm³/mol. The van der Waals surface area contributed by atoms with Gasteiger partial charge in [0.15, 0.2) is 0 Å². The quantitative estimate of drug-likeness (QED) is 0.857. The molecule has 1 saturated carbocycles. The Morgan fingerprint density at radius 2 is 2.33 bits per heavy atom. The fraction of sp³-hybridized carbons (Fsp3) is 0.364. The number of hydrogen-bond donors (Lipinski definition) is 1. The van der Waals surface area contributed by atoms with Gasteiger partial charge in [-0.3, -0.25) is 4.79 Å². The van der Waals surface area contributed by atoms with E-state index in [2.05, 4.69) is 15.9 Å². The molecule has 15 heavy (non-hydrogen) atoms. The van der Waals surface area contributed by atoms with Crippen LogP contribution in [0.5, 0.6) is 5.75 Å². The molecule has 1 aliphatic rings. The Bertz CT molecular complexity index is 405. The van der Waals surface area contributed by atoms with Gasteiger partial charge in [-0.25, -0.2) is 0 Å². The summed E-state index contributed by atoms with van der Waals surface area (Å²) in [5.41, 5.74) is 0.0466. The van der Waals surface area contributed by atoms with Gasteiger partial charge in [0.25, 0.3) is 0 Å². The van der Waals surface area contributed by atoms with Gasteiger partial charge in [0.1, 0.15) is 11.2 Å². The summed E-state index contributed by atoms with van der Waals surface area (Å²) in [4.78, 5) is 11.2. The third-order valence-electron chi connectivity index (χ3n) is 2.84. The monoisotopic (exact) mass is 270 g/mol. The summed E-state index contributed by atoms with van der Waals surface area (Å²) < 4.78 is 5.08.